The molecule has 0 radical (unpaired) electrons. The van der Waals surface area contributed by atoms with Gasteiger partial charge in [0.05, 0.1) is 12.5 Å². The van der Waals surface area contributed by atoms with Crippen LogP contribution in [-0.4, -0.2) is 41.4 Å². The zero-order valence-electron chi connectivity index (χ0n) is 8.91. The molecule has 1 aliphatic heterocycles. The minimum absolute atomic E-state index is 0.168. The van der Waals surface area contributed by atoms with Crippen LogP contribution in [0.4, 0.5) is 0 Å². The number of carbonyl (C=O) groups excluding carboxylic acids is 1. The fraction of sp³-hybridized carbons (Fsp3) is 0.800. The molecule has 1 heterocycles. The van der Waals surface area contributed by atoms with Gasteiger partial charge in [0.1, 0.15) is 0 Å². The van der Waals surface area contributed by atoms with Gasteiger partial charge in [-0.25, -0.2) is 0 Å². The highest BCUT2D eigenvalue weighted by molar-refractivity contribution is 5.85. The number of carboxylic acids is 1. The van der Waals surface area contributed by atoms with E-state index in [0.717, 1.165) is 0 Å². The van der Waals surface area contributed by atoms with Crippen molar-refractivity contribution in [3.8, 4) is 0 Å². The van der Waals surface area contributed by atoms with Gasteiger partial charge in [-0.3, -0.25) is 14.5 Å². The molecule has 4 nitrogen and oxygen atoms in total. The number of Topliss-reactive ketones (excluding diaryl/α,β-unsaturated/α-hetero) is 1. The lowest BCUT2D eigenvalue weighted by Crippen LogP contribution is -2.53. The maximum atomic E-state index is 11.6. The minimum Gasteiger partial charge on any atom is -0.481 e. The maximum absolute atomic E-state index is 11.6. The van der Waals surface area contributed by atoms with E-state index in [0.29, 0.717) is 19.6 Å². The van der Waals surface area contributed by atoms with E-state index in [9.17, 15) is 9.59 Å². The Hall–Kier alpha value is -0.900. The molecule has 0 bridgehead atoms. The summed E-state index contributed by atoms with van der Waals surface area (Å²) in [6.07, 6.45) is 0. The molecule has 4 heteroatoms. The Labute approximate surface area is 83.9 Å². The van der Waals surface area contributed by atoms with E-state index in [4.69, 9.17) is 5.11 Å². The number of ketones is 1. The van der Waals surface area contributed by atoms with Gasteiger partial charge in [-0.05, 0) is 0 Å². The molecule has 80 valence electrons. The molecular formula is C10H17NO3. The van der Waals surface area contributed by atoms with Crippen LogP contribution in [0.2, 0.25) is 0 Å². The van der Waals surface area contributed by atoms with Crippen LogP contribution >= 0.6 is 0 Å². The van der Waals surface area contributed by atoms with Crippen molar-refractivity contribution in [2.45, 2.75) is 20.8 Å². The predicted octanol–water partition coefficient (Wildman–Crippen LogP) is 0.618. The Balaban J connectivity index is 2.30. The molecular weight excluding hydrogens is 182 g/mol. The summed E-state index contributed by atoms with van der Waals surface area (Å²) in [6, 6.07) is 0. The van der Waals surface area contributed by atoms with E-state index in [1.54, 1.807) is 0 Å². The van der Waals surface area contributed by atoms with Gasteiger partial charge in [0, 0.05) is 18.5 Å². The molecule has 1 rings (SSSR count). The fourth-order valence-electron chi connectivity index (χ4n) is 1.30. The van der Waals surface area contributed by atoms with Crippen LogP contribution in [0.15, 0.2) is 0 Å². The van der Waals surface area contributed by atoms with Crippen molar-refractivity contribution in [2.75, 3.05) is 19.6 Å². The van der Waals surface area contributed by atoms with Crippen molar-refractivity contribution in [1.29, 1.82) is 0 Å². The van der Waals surface area contributed by atoms with E-state index in [-0.39, 0.29) is 17.1 Å². The van der Waals surface area contributed by atoms with Crippen molar-refractivity contribution in [1.82, 2.24) is 4.90 Å². The van der Waals surface area contributed by atoms with E-state index in [1.165, 1.54) is 0 Å². The maximum Gasteiger partial charge on any atom is 0.309 e. The molecule has 14 heavy (non-hydrogen) atoms. The third kappa shape index (κ3) is 2.54. The highest BCUT2D eigenvalue weighted by Crippen LogP contribution is 2.20. The molecule has 0 aromatic carbocycles. The molecule has 0 aromatic heterocycles. The first kappa shape index (κ1) is 11.2. The quantitative estimate of drug-likeness (QED) is 0.723. The third-order valence-electron chi connectivity index (χ3n) is 2.51. The molecule has 0 atom stereocenters. The lowest BCUT2D eigenvalue weighted by atomic mass is 9.89. The molecule has 0 aliphatic carbocycles. The van der Waals surface area contributed by atoms with Crippen molar-refractivity contribution < 1.29 is 14.7 Å². The summed E-state index contributed by atoms with van der Waals surface area (Å²) in [5, 5.41) is 8.63. The summed E-state index contributed by atoms with van der Waals surface area (Å²) < 4.78 is 0. The number of hydrogen-bond acceptors (Lipinski definition) is 3. The number of carboxylic acid groups (broad SMARTS) is 1. The summed E-state index contributed by atoms with van der Waals surface area (Å²) in [5.41, 5.74) is -0.325. The molecule has 0 amide bonds. The number of carbonyl (C=O) groups is 2. The second kappa shape index (κ2) is 3.69. The highest BCUT2D eigenvalue weighted by atomic mass is 16.4. The predicted molar refractivity (Wildman–Crippen MR) is 52.0 cm³/mol. The molecule has 0 aromatic rings. The average Bonchev–Trinajstić information content (AvgIpc) is 1.92. The van der Waals surface area contributed by atoms with Gasteiger partial charge < -0.3 is 5.11 Å². The van der Waals surface area contributed by atoms with Crippen molar-refractivity contribution in [3.05, 3.63) is 0 Å². The standard InChI is InChI=1S/C10H17NO3/c1-10(2,3)8(12)6-11-4-7(5-11)9(13)14/h7H,4-6H2,1-3H3,(H,13,14). The lowest BCUT2D eigenvalue weighted by Gasteiger charge is -2.37. The Bertz CT molecular complexity index is 249. The molecule has 1 N–H and O–H groups in total. The summed E-state index contributed by atoms with van der Waals surface area (Å²) in [5.74, 6) is -0.867. The Morgan fingerprint density at radius 2 is 1.86 bits per heavy atom. The van der Waals surface area contributed by atoms with Gasteiger partial charge in [-0.2, -0.15) is 0 Å². The van der Waals surface area contributed by atoms with Crippen molar-refractivity contribution in [3.63, 3.8) is 0 Å². The van der Waals surface area contributed by atoms with Gasteiger partial charge in [0.2, 0.25) is 0 Å². The summed E-state index contributed by atoms with van der Waals surface area (Å²) in [7, 11) is 0. The topological polar surface area (TPSA) is 57.6 Å². The number of likely N-dealkylation sites (tertiary alicyclic amines) is 1. The number of hydrogen-bond donors (Lipinski definition) is 1. The molecule has 1 saturated heterocycles. The van der Waals surface area contributed by atoms with Crippen LogP contribution in [0, 0.1) is 11.3 Å². The second-order valence-electron chi connectivity index (χ2n) is 4.90. The Morgan fingerprint density at radius 3 is 2.21 bits per heavy atom. The average molecular weight is 199 g/mol. The number of nitrogens with zero attached hydrogens (tertiary/aromatic N) is 1. The third-order valence-corrected chi connectivity index (χ3v) is 2.51. The second-order valence-corrected chi connectivity index (χ2v) is 4.90. The molecule has 0 spiro atoms. The molecule has 0 saturated carbocycles. The highest BCUT2D eigenvalue weighted by Gasteiger charge is 2.35. The smallest absolute Gasteiger partial charge is 0.309 e. The van der Waals surface area contributed by atoms with Gasteiger partial charge in [-0.15, -0.1) is 0 Å². The van der Waals surface area contributed by atoms with Gasteiger partial charge in [0.25, 0.3) is 0 Å². The Morgan fingerprint density at radius 1 is 1.36 bits per heavy atom. The number of aliphatic carboxylic acids is 1. The van der Waals surface area contributed by atoms with Gasteiger partial charge >= 0.3 is 5.97 Å². The van der Waals surface area contributed by atoms with E-state index < -0.39 is 5.97 Å². The normalized spacial score (nSPS) is 19.1. The van der Waals surface area contributed by atoms with Crippen LogP contribution in [0.25, 0.3) is 0 Å². The fourth-order valence-corrected chi connectivity index (χ4v) is 1.30. The zero-order valence-corrected chi connectivity index (χ0v) is 8.91. The molecule has 1 fully saturated rings. The summed E-state index contributed by atoms with van der Waals surface area (Å²) >= 11 is 0. The lowest BCUT2D eigenvalue weighted by molar-refractivity contribution is -0.149. The van der Waals surface area contributed by atoms with Crippen LogP contribution < -0.4 is 0 Å². The van der Waals surface area contributed by atoms with E-state index in [2.05, 4.69) is 0 Å². The SMILES string of the molecule is CC(C)(C)C(=O)CN1CC(C(=O)O)C1. The van der Waals surface area contributed by atoms with Gasteiger partial charge in [0.15, 0.2) is 5.78 Å². The first-order valence-corrected chi connectivity index (χ1v) is 4.79. The minimum atomic E-state index is -0.760. The number of rotatable bonds is 3. The van der Waals surface area contributed by atoms with Crippen molar-refractivity contribution >= 4 is 11.8 Å². The first-order valence-electron chi connectivity index (χ1n) is 4.79. The van der Waals surface area contributed by atoms with Crippen molar-refractivity contribution in [2.24, 2.45) is 11.3 Å². The Kier molecular flexibility index (Phi) is 2.95. The van der Waals surface area contributed by atoms with Crippen LogP contribution in [0.3, 0.4) is 0 Å². The monoisotopic (exact) mass is 199 g/mol. The zero-order chi connectivity index (χ0) is 10.9. The van der Waals surface area contributed by atoms with Crippen LogP contribution in [0.5, 0.6) is 0 Å². The van der Waals surface area contributed by atoms with Crippen LogP contribution in [0.1, 0.15) is 20.8 Å². The largest absolute Gasteiger partial charge is 0.481 e. The van der Waals surface area contributed by atoms with E-state index >= 15 is 0 Å². The summed E-state index contributed by atoms with van der Waals surface area (Å²) in [4.78, 5) is 23.9. The van der Waals surface area contributed by atoms with Gasteiger partial charge in [-0.1, -0.05) is 20.8 Å². The molecule has 1 aliphatic rings. The summed E-state index contributed by atoms with van der Waals surface area (Å²) in [6.45, 7) is 7.04. The first-order chi connectivity index (χ1) is 6.30. The van der Waals surface area contributed by atoms with Crippen LogP contribution in [-0.2, 0) is 9.59 Å². The van der Waals surface area contributed by atoms with E-state index in [1.807, 2.05) is 25.7 Å². The molecule has 0 unspecified atom stereocenters.